The van der Waals surface area contributed by atoms with E-state index in [4.69, 9.17) is 5.73 Å². The lowest BCUT2D eigenvalue weighted by Crippen LogP contribution is -2.58. The highest BCUT2D eigenvalue weighted by atomic mass is 16.1. The molecular weight excluding hydrogens is 188 g/mol. The second-order valence-electron chi connectivity index (χ2n) is 4.70. The monoisotopic (exact) mass is 212 g/mol. The molecule has 1 fully saturated rings. The number of hydrogen-bond donors (Lipinski definition) is 2. The van der Waals surface area contributed by atoms with E-state index in [-0.39, 0.29) is 11.4 Å². The molecule has 1 amide bonds. The fraction of sp³-hybridized carbons (Fsp3) is 0.917. The number of nitrogens with one attached hydrogen (secondary N) is 1. The predicted octanol–water partition coefficient (Wildman–Crippen LogP) is 1.95. The Balaban J connectivity index is 2.12. The average molecular weight is 212 g/mol. The fourth-order valence-electron chi connectivity index (χ4n) is 2.05. The number of rotatable bonds is 7. The highest BCUT2D eigenvalue weighted by Crippen LogP contribution is 2.30. The summed E-state index contributed by atoms with van der Waals surface area (Å²) in [4.78, 5) is 11.6. The van der Waals surface area contributed by atoms with Crippen LogP contribution in [0.2, 0.25) is 0 Å². The summed E-state index contributed by atoms with van der Waals surface area (Å²) >= 11 is 0. The number of hydrogen-bond acceptors (Lipinski definition) is 2. The number of carbonyl (C=O) groups is 1. The summed E-state index contributed by atoms with van der Waals surface area (Å²) in [5, 5.41) is 3.09. The maximum absolute atomic E-state index is 11.6. The zero-order chi connectivity index (χ0) is 11.1. The molecule has 0 aromatic carbocycles. The van der Waals surface area contributed by atoms with Gasteiger partial charge in [-0.1, -0.05) is 26.2 Å². The maximum Gasteiger partial charge on any atom is 0.220 e. The Morgan fingerprint density at radius 1 is 1.33 bits per heavy atom. The summed E-state index contributed by atoms with van der Waals surface area (Å²) in [7, 11) is 0. The Morgan fingerprint density at radius 2 is 2.07 bits per heavy atom. The van der Waals surface area contributed by atoms with Gasteiger partial charge in [0.05, 0.1) is 5.54 Å². The fourth-order valence-corrected chi connectivity index (χ4v) is 2.05. The van der Waals surface area contributed by atoms with E-state index in [0.717, 1.165) is 19.3 Å². The first-order valence-electron chi connectivity index (χ1n) is 6.23. The van der Waals surface area contributed by atoms with Crippen molar-refractivity contribution in [2.45, 2.75) is 63.8 Å². The van der Waals surface area contributed by atoms with Crippen LogP contribution in [0.25, 0.3) is 0 Å². The third kappa shape index (κ3) is 3.82. The standard InChI is InChI=1S/C12H24N2O/c1-2-3-4-5-7-11(15)14-12(10-13)8-6-9-12/h2-10,13H2,1H3,(H,14,15). The van der Waals surface area contributed by atoms with Gasteiger partial charge in [0.25, 0.3) is 0 Å². The van der Waals surface area contributed by atoms with Crippen molar-refractivity contribution in [2.75, 3.05) is 6.54 Å². The molecule has 0 radical (unpaired) electrons. The van der Waals surface area contributed by atoms with Crippen LogP contribution in [0.4, 0.5) is 0 Å². The molecule has 0 bridgehead atoms. The molecule has 0 unspecified atom stereocenters. The summed E-state index contributed by atoms with van der Waals surface area (Å²) in [5.41, 5.74) is 5.64. The van der Waals surface area contributed by atoms with Gasteiger partial charge in [0.2, 0.25) is 5.91 Å². The normalized spacial score (nSPS) is 18.3. The van der Waals surface area contributed by atoms with Crippen LogP contribution in [-0.2, 0) is 4.79 Å². The van der Waals surface area contributed by atoms with Crippen LogP contribution in [0.15, 0.2) is 0 Å². The summed E-state index contributed by atoms with van der Waals surface area (Å²) in [6, 6.07) is 0. The first kappa shape index (κ1) is 12.5. The van der Waals surface area contributed by atoms with Gasteiger partial charge in [-0.25, -0.2) is 0 Å². The number of carbonyl (C=O) groups excluding carboxylic acids is 1. The summed E-state index contributed by atoms with van der Waals surface area (Å²) in [5.74, 6) is 0.191. The minimum absolute atomic E-state index is 0.0398. The van der Waals surface area contributed by atoms with E-state index in [1.165, 1.54) is 25.7 Å². The maximum atomic E-state index is 11.6. The Labute approximate surface area is 92.8 Å². The summed E-state index contributed by atoms with van der Waals surface area (Å²) < 4.78 is 0. The lowest BCUT2D eigenvalue weighted by molar-refractivity contribution is -0.124. The number of nitrogens with two attached hydrogens (primary N) is 1. The largest absolute Gasteiger partial charge is 0.349 e. The van der Waals surface area contributed by atoms with Gasteiger partial charge in [-0.3, -0.25) is 4.79 Å². The zero-order valence-corrected chi connectivity index (χ0v) is 9.85. The first-order valence-corrected chi connectivity index (χ1v) is 6.23. The average Bonchev–Trinajstić information content (AvgIpc) is 2.18. The molecule has 3 N–H and O–H groups in total. The zero-order valence-electron chi connectivity index (χ0n) is 9.85. The molecule has 1 aliphatic rings. The van der Waals surface area contributed by atoms with Crippen LogP contribution >= 0.6 is 0 Å². The molecule has 1 saturated carbocycles. The van der Waals surface area contributed by atoms with E-state index in [0.29, 0.717) is 13.0 Å². The molecule has 0 spiro atoms. The third-order valence-corrected chi connectivity index (χ3v) is 3.36. The van der Waals surface area contributed by atoms with E-state index >= 15 is 0 Å². The first-order chi connectivity index (χ1) is 7.22. The Hall–Kier alpha value is -0.570. The van der Waals surface area contributed by atoms with Crippen LogP contribution in [0.3, 0.4) is 0 Å². The van der Waals surface area contributed by atoms with Crippen molar-refractivity contribution in [1.82, 2.24) is 5.32 Å². The van der Waals surface area contributed by atoms with Gasteiger partial charge in [-0.2, -0.15) is 0 Å². The smallest absolute Gasteiger partial charge is 0.220 e. The Bertz CT molecular complexity index is 194. The molecule has 3 nitrogen and oxygen atoms in total. The molecule has 1 rings (SSSR count). The highest BCUT2D eigenvalue weighted by molar-refractivity contribution is 5.76. The second-order valence-corrected chi connectivity index (χ2v) is 4.70. The van der Waals surface area contributed by atoms with E-state index in [9.17, 15) is 4.79 Å². The molecule has 1 aliphatic carbocycles. The Morgan fingerprint density at radius 3 is 2.53 bits per heavy atom. The second kappa shape index (κ2) is 6.11. The SMILES string of the molecule is CCCCCCC(=O)NC1(CN)CCC1. The Kier molecular flexibility index (Phi) is 5.09. The minimum atomic E-state index is -0.0398. The quantitative estimate of drug-likeness (QED) is 0.634. The van der Waals surface area contributed by atoms with Crippen molar-refractivity contribution >= 4 is 5.91 Å². The molecule has 0 saturated heterocycles. The molecule has 15 heavy (non-hydrogen) atoms. The van der Waals surface area contributed by atoms with Gasteiger partial charge in [0.15, 0.2) is 0 Å². The summed E-state index contributed by atoms with van der Waals surface area (Å²) in [6.45, 7) is 2.77. The number of amides is 1. The van der Waals surface area contributed by atoms with Gasteiger partial charge < -0.3 is 11.1 Å². The van der Waals surface area contributed by atoms with Crippen LogP contribution in [-0.4, -0.2) is 18.0 Å². The van der Waals surface area contributed by atoms with Crippen LogP contribution < -0.4 is 11.1 Å². The van der Waals surface area contributed by atoms with Crippen molar-refractivity contribution in [3.63, 3.8) is 0 Å². The molecule has 0 aromatic rings. The summed E-state index contributed by atoms with van der Waals surface area (Å²) in [6.07, 6.45) is 8.62. The van der Waals surface area contributed by atoms with E-state index in [2.05, 4.69) is 12.2 Å². The highest BCUT2D eigenvalue weighted by Gasteiger charge is 2.36. The van der Waals surface area contributed by atoms with E-state index < -0.39 is 0 Å². The molecule has 0 aliphatic heterocycles. The van der Waals surface area contributed by atoms with Crippen LogP contribution in [0, 0.1) is 0 Å². The third-order valence-electron chi connectivity index (χ3n) is 3.36. The van der Waals surface area contributed by atoms with Crippen molar-refractivity contribution in [2.24, 2.45) is 5.73 Å². The van der Waals surface area contributed by atoms with Gasteiger partial charge in [-0.05, 0) is 25.7 Å². The topological polar surface area (TPSA) is 55.1 Å². The van der Waals surface area contributed by atoms with E-state index in [1.807, 2.05) is 0 Å². The van der Waals surface area contributed by atoms with Gasteiger partial charge >= 0.3 is 0 Å². The lowest BCUT2D eigenvalue weighted by Gasteiger charge is -2.41. The van der Waals surface area contributed by atoms with Crippen LogP contribution in [0.1, 0.15) is 58.3 Å². The predicted molar refractivity (Wildman–Crippen MR) is 62.5 cm³/mol. The van der Waals surface area contributed by atoms with Crippen molar-refractivity contribution in [3.05, 3.63) is 0 Å². The van der Waals surface area contributed by atoms with Crippen LogP contribution in [0.5, 0.6) is 0 Å². The van der Waals surface area contributed by atoms with Gasteiger partial charge in [-0.15, -0.1) is 0 Å². The van der Waals surface area contributed by atoms with Crippen molar-refractivity contribution < 1.29 is 4.79 Å². The molecule has 88 valence electrons. The molecule has 0 atom stereocenters. The molecular formula is C12H24N2O. The number of unbranched alkanes of at least 4 members (excludes halogenated alkanes) is 3. The lowest BCUT2D eigenvalue weighted by atomic mass is 9.76. The molecule has 0 aromatic heterocycles. The minimum Gasteiger partial charge on any atom is -0.349 e. The molecule has 0 heterocycles. The molecule has 3 heteroatoms. The van der Waals surface area contributed by atoms with Gasteiger partial charge in [0, 0.05) is 13.0 Å². The van der Waals surface area contributed by atoms with Crippen molar-refractivity contribution in [3.8, 4) is 0 Å². The van der Waals surface area contributed by atoms with Gasteiger partial charge in [0.1, 0.15) is 0 Å². The van der Waals surface area contributed by atoms with E-state index in [1.54, 1.807) is 0 Å². The van der Waals surface area contributed by atoms with Crippen molar-refractivity contribution in [1.29, 1.82) is 0 Å².